The zero-order valence-corrected chi connectivity index (χ0v) is 16.4. The third kappa shape index (κ3) is 5.18. The molecule has 0 saturated carbocycles. The van der Waals surface area contributed by atoms with Crippen molar-refractivity contribution in [3.63, 3.8) is 0 Å². The molecule has 0 aliphatic rings. The molecule has 3 N–H and O–H groups in total. The third-order valence-electron chi connectivity index (χ3n) is 4.53. The zero-order valence-electron chi connectivity index (χ0n) is 15.6. The van der Waals surface area contributed by atoms with Crippen LogP contribution in [-0.2, 0) is 11.3 Å². The lowest BCUT2D eigenvalue weighted by atomic mass is 10.0. The number of nitrogens with two attached hydrogens (primary N) is 1. The number of quaternary nitrogens is 1. The highest BCUT2D eigenvalue weighted by Gasteiger charge is 2.25. The van der Waals surface area contributed by atoms with E-state index >= 15 is 0 Å². The standard InChI is InChI=1S/C22H24N2O2S/c1-16(22(25)23-15-17-10-12-19(26-2)13-11-17)24-21(20-9-6-14-27-20)18-7-4-3-5-8-18/h3-14,16,21,24H,15H2,1-2H3,(H,23,25)/p+1/t16-,21-/m1/s1. The molecule has 27 heavy (non-hydrogen) atoms. The Hall–Kier alpha value is -2.63. The van der Waals surface area contributed by atoms with E-state index in [0.717, 1.165) is 11.3 Å². The fourth-order valence-electron chi connectivity index (χ4n) is 2.97. The van der Waals surface area contributed by atoms with Crippen LogP contribution in [-0.4, -0.2) is 19.1 Å². The van der Waals surface area contributed by atoms with Gasteiger partial charge in [0.2, 0.25) is 0 Å². The Morgan fingerprint density at radius 2 is 1.81 bits per heavy atom. The summed E-state index contributed by atoms with van der Waals surface area (Å²) in [5.41, 5.74) is 2.25. The summed E-state index contributed by atoms with van der Waals surface area (Å²) in [5.74, 6) is 0.844. The smallest absolute Gasteiger partial charge is 0.278 e. The van der Waals surface area contributed by atoms with Crippen molar-refractivity contribution in [3.8, 4) is 5.75 Å². The Bertz CT molecular complexity index is 833. The predicted octanol–water partition coefficient (Wildman–Crippen LogP) is 3.11. The van der Waals surface area contributed by atoms with E-state index in [1.807, 2.05) is 49.4 Å². The van der Waals surface area contributed by atoms with Gasteiger partial charge in [-0.2, -0.15) is 0 Å². The zero-order chi connectivity index (χ0) is 19.1. The second kappa shape index (κ2) is 9.35. The number of thiophene rings is 1. The first-order chi connectivity index (χ1) is 13.2. The number of hydrogen-bond acceptors (Lipinski definition) is 3. The molecule has 0 spiro atoms. The summed E-state index contributed by atoms with van der Waals surface area (Å²) in [6.45, 7) is 2.46. The first kappa shape index (κ1) is 19.1. The predicted molar refractivity (Wildman–Crippen MR) is 109 cm³/mol. The molecule has 3 rings (SSSR count). The second-order valence-corrected chi connectivity index (χ2v) is 7.43. The quantitative estimate of drug-likeness (QED) is 0.630. The van der Waals surface area contributed by atoms with Crippen LogP contribution in [0.1, 0.15) is 29.0 Å². The summed E-state index contributed by atoms with van der Waals surface area (Å²) in [6.07, 6.45) is 0. The minimum atomic E-state index is -0.199. The van der Waals surface area contributed by atoms with Gasteiger partial charge in [0.25, 0.3) is 5.91 Å². The maximum absolute atomic E-state index is 12.6. The van der Waals surface area contributed by atoms with Crippen LogP contribution in [0.2, 0.25) is 0 Å². The SMILES string of the molecule is COc1ccc(CNC(=O)[C@@H](C)[NH2+][C@H](c2ccccc2)c2cccs2)cc1. The average molecular weight is 382 g/mol. The van der Waals surface area contributed by atoms with Crippen LogP contribution >= 0.6 is 11.3 Å². The Morgan fingerprint density at radius 1 is 1.07 bits per heavy atom. The van der Waals surface area contributed by atoms with Gasteiger partial charge in [0, 0.05) is 12.1 Å². The highest BCUT2D eigenvalue weighted by molar-refractivity contribution is 7.10. The van der Waals surface area contributed by atoms with Gasteiger partial charge in [0.15, 0.2) is 6.04 Å². The molecule has 3 aromatic rings. The Morgan fingerprint density at radius 3 is 2.44 bits per heavy atom. The van der Waals surface area contributed by atoms with Gasteiger partial charge in [-0.25, -0.2) is 0 Å². The lowest BCUT2D eigenvalue weighted by Gasteiger charge is -2.19. The number of benzene rings is 2. The molecule has 0 radical (unpaired) electrons. The molecule has 0 fully saturated rings. The maximum atomic E-state index is 12.6. The third-order valence-corrected chi connectivity index (χ3v) is 5.48. The van der Waals surface area contributed by atoms with Gasteiger partial charge in [0.1, 0.15) is 11.8 Å². The van der Waals surface area contributed by atoms with Gasteiger partial charge in [0.05, 0.1) is 12.0 Å². The van der Waals surface area contributed by atoms with Crippen LogP contribution in [0.5, 0.6) is 5.75 Å². The molecule has 0 aliphatic carbocycles. The Labute approximate surface area is 164 Å². The molecular formula is C22H25N2O2S+. The van der Waals surface area contributed by atoms with Crippen molar-refractivity contribution in [1.29, 1.82) is 0 Å². The van der Waals surface area contributed by atoms with Gasteiger partial charge < -0.3 is 15.4 Å². The summed E-state index contributed by atoms with van der Waals surface area (Å²) < 4.78 is 5.16. The first-order valence-electron chi connectivity index (χ1n) is 9.01. The van der Waals surface area contributed by atoms with E-state index in [-0.39, 0.29) is 18.0 Å². The van der Waals surface area contributed by atoms with Crippen molar-refractivity contribution in [3.05, 3.63) is 88.1 Å². The molecule has 1 aromatic heterocycles. The number of nitrogens with one attached hydrogen (secondary N) is 1. The van der Waals surface area contributed by atoms with E-state index in [1.54, 1.807) is 18.4 Å². The van der Waals surface area contributed by atoms with Crippen LogP contribution in [0, 0.1) is 0 Å². The monoisotopic (exact) mass is 381 g/mol. The molecule has 0 bridgehead atoms. The maximum Gasteiger partial charge on any atom is 0.278 e. The molecule has 0 saturated heterocycles. The summed E-state index contributed by atoms with van der Waals surface area (Å²) in [6, 6.07) is 22.2. The molecule has 2 aromatic carbocycles. The van der Waals surface area contributed by atoms with Crippen LogP contribution in [0.25, 0.3) is 0 Å². The van der Waals surface area contributed by atoms with Gasteiger partial charge in [-0.15, -0.1) is 11.3 Å². The summed E-state index contributed by atoms with van der Waals surface area (Å²) in [4.78, 5) is 13.9. The number of rotatable bonds is 8. The van der Waals surface area contributed by atoms with Crippen molar-refractivity contribution < 1.29 is 14.8 Å². The fraction of sp³-hybridized carbons (Fsp3) is 0.227. The van der Waals surface area contributed by atoms with Crippen molar-refractivity contribution in [1.82, 2.24) is 5.32 Å². The molecule has 0 unspecified atom stereocenters. The first-order valence-corrected chi connectivity index (χ1v) is 9.89. The van der Waals surface area contributed by atoms with Gasteiger partial charge in [-0.3, -0.25) is 4.79 Å². The summed E-state index contributed by atoms with van der Waals surface area (Å²) in [7, 11) is 1.64. The van der Waals surface area contributed by atoms with E-state index < -0.39 is 0 Å². The molecule has 1 amide bonds. The van der Waals surface area contributed by atoms with Crippen molar-refractivity contribution in [2.45, 2.75) is 25.6 Å². The van der Waals surface area contributed by atoms with Gasteiger partial charge in [-0.1, -0.05) is 48.5 Å². The Kier molecular flexibility index (Phi) is 6.63. The largest absolute Gasteiger partial charge is 0.497 e. The molecule has 140 valence electrons. The van der Waals surface area contributed by atoms with Gasteiger partial charge >= 0.3 is 0 Å². The topological polar surface area (TPSA) is 54.9 Å². The van der Waals surface area contributed by atoms with Crippen LogP contribution in [0.15, 0.2) is 72.1 Å². The lowest BCUT2D eigenvalue weighted by molar-refractivity contribution is -0.704. The highest BCUT2D eigenvalue weighted by atomic mass is 32.1. The number of hydrogen-bond donors (Lipinski definition) is 2. The molecule has 4 nitrogen and oxygen atoms in total. The van der Waals surface area contributed by atoms with Crippen molar-refractivity contribution in [2.24, 2.45) is 0 Å². The molecule has 5 heteroatoms. The number of methoxy groups -OCH3 is 1. The minimum Gasteiger partial charge on any atom is -0.497 e. The van der Waals surface area contributed by atoms with Crippen LogP contribution in [0.4, 0.5) is 0 Å². The summed E-state index contributed by atoms with van der Waals surface area (Å²) in [5, 5.41) is 7.24. The number of carbonyl (C=O) groups excluding carboxylic acids is 1. The highest BCUT2D eigenvalue weighted by Crippen LogP contribution is 2.22. The van der Waals surface area contributed by atoms with Crippen LogP contribution in [0.3, 0.4) is 0 Å². The van der Waals surface area contributed by atoms with E-state index in [9.17, 15) is 4.79 Å². The molecular weight excluding hydrogens is 356 g/mol. The Balaban J connectivity index is 1.62. The van der Waals surface area contributed by atoms with Gasteiger partial charge in [-0.05, 0) is 36.1 Å². The van der Waals surface area contributed by atoms with E-state index in [4.69, 9.17) is 4.74 Å². The summed E-state index contributed by atoms with van der Waals surface area (Å²) >= 11 is 1.72. The average Bonchev–Trinajstić information content (AvgIpc) is 3.25. The number of ether oxygens (including phenoxy) is 1. The van der Waals surface area contributed by atoms with Crippen LogP contribution < -0.4 is 15.4 Å². The second-order valence-electron chi connectivity index (χ2n) is 6.45. The number of amides is 1. The van der Waals surface area contributed by atoms with Crippen molar-refractivity contribution in [2.75, 3.05) is 7.11 Å². The molecule has 2 atom stereocenters. The number of carbonyl (C=O) groups is 1. The van der Waals surface area contributed by atoms with E-state index in [0.29, 0.717) is 6.54 Å². The fourth-order valence-corrected chi connectivity index (χ4v) is 3.80. The van der Waals surface area contributed by atoms with Crippen molar-refractivity contribution >= 4 is 17.2 Å². The van der Waals surface area contributed by atoms with E-state index in [1.165, 1.54) is 10.4 Å². The molecule has 0 aliphatic heterocycles. The lowest BCUT2D eigenvalue weighted by Crippen LogP contribution is -2.92. The van der Waals surface area contributed by atoms with E-state index in [2.05, 4.69) is 40.3 Å². The minimum absolute atomic E-state index is 0.0308. The molecule has 1 heterocycles. The normalized spacial score (nSPS) is 13.0.